The van der Waals surface area contributed by atoms with Gasteiger partial charge in [-0.15, -0.1) is 0 Å². The van der Waals surface area contributed by atoms with Gasteiger partial charge in [0.05, 0.1) is 5.69 Å². The quantitative estimate of drug-likeness (QED) is 0.797. The van der Waals surface area contributed by atoms with Gasteiger partial charge in [-0.25, -0.2) is 13.4 Å². The molecule has 1 amide bonds. The second-order valence-corrected chi connectivity index (χ2v) is 6.99. The summed E-state index contributed by atoms with van der Waals surface area (Å²) in [5, 5.41) is 0. The number of sulfone groups is 1. The van der Waals surface area contributed by atoms with Gasteiger partial charge in [0.1, 0.15) is 5.75 Å². The third kappa shape index (κ3) is 3.60. The summed E-state index contributed by atoms with van der Waals surface area (Å²) in [7, 11) is -3.28. The predicted molar refractivity (Wildman–Crippen MR) is 77.2 cm³/mol. The van der Waals surface area contributed by atoms with Crippen LogP contribution in [0.25, 0.3) is 0 Å². The van der Waals surface area contributed by atoms with E-state index in [4.69, 9.17) is 5.73 Å². The molecule has 1 fully saturated rings. The van der Waals surface area contributed by atoms with Crippen LogP contribution < -0.4 is 10.6 Å². The van der Waals surface area contributed by atoms with Crippen molar-refractivity contribution < 1.29 is 13.2 Å². The fraction of sp³-hybridized carbons (Fsp3) is 0.500. The van der Waals surface area contributed by atoms with Crippen molar-refractivity contribution in [2.24, 2.45) is 0 Å². The molecule has 1 aromatic rings. The summed E-state index contributed by atoms with van der Waals surface area (Å²) in [5.41, 5.74) is 6.47. The second-order valence-electron chi connectivity index (χ2n) is 4.85. The van der Waals surface area contributed by atoms with Crippen LogP contribution in [0.1, 0.15) is 0 Å². The first-order valence-corrected chi connectivity index (χ1v) is 8.34. The Labute approximate surface area is 118 Å². The lowest BCUT2D eigenvalue weighted by Crippen LogP contribution is -2.50. The standard InChI is InChI=1S/C12H18N4O3S/c1-20(18,19)9-11(17)15-5-7-16(8-6-15)12-10(13)3-2-4-14-12/h2-4H,5-9,13H2,1H3. The van der Waals surface area contributed by atoms with Gasteiger partial charge in [0, 0.05) is 38.6 Å². The molecule has 0 saturated carbocycles. The molecule has 2 rings (SSSR count). The van der Waals surface area contributed by atoms with Crippen LogP contribution in [-0.4, -0.2) is 62.4 Å². The molecule has 0 aromatic carbocycles. The number of piperazine rings is 1. The molecule has 8 heteroatoms. The molecular weight excluding hydrogens is 280 g/mol. The van der Waals surface area contributed by atoms with Crippen molar-refractivity contribution in [1.29, 1.82) is 0 Å². The van der Waals surface area contributed by atoms with E-state index in [1.807, 2.05) is 4.90 Å². The Balaban J connectivity index is 1.96. The Morgan fingerprint density at radius 3 is 2.55 bits per heavy atom. The number of hydrogen-bond acceptors (Lipinski definition) is 6. The summed E-state index contributed by atoms with van der Waals surface area (Å²) in [5.74, 6) is -0.0671. The van der Waals surface area contributed by atoms with Crippen molar-refractivity contribution in [3.63, 3.8) is 0 Å². The molecule has 2 N–H and O–H groups in total. The van der Waals surface area contributed by atoms with E-state index in [0.29, 0.717) is 37.7 Å². The maximum absolute atomic E-state index is 11.8. The van der Waals surface area contributed by atoms with E-state index in [1.165, 1.54) is 0 Å². The molecule has 0 aliphatic carbocycles. The maximum Gasteiger partial charge on any atom is 0.237 e. The molecular formula is C12H18N4O3S. The van der Waals surface area contributed by atoms with Gasteiger partial charge in [0.2, 0.25) is 5.91 Å². The first kappa shape index (κ1) is 14.6. The molecule has 110 valence electrons. The first-order valence-electron chi connectivity index (χ1n) is 6.28. The van der Waals surface area contributed by atoms with Crippen LogP contribution in [0.2, 0.25) is 0 Å². The molecule has 0 unspecified atom stereocenters. The predicted octanol–water partition coefficient (Wildman–Crippen LogP) is -0.643. The number of aromatic nitrogens is 1. The summed E-state index contributed by atoms with van der Waals surface area (Å²) in [4.78, 5) is 19.6. The normalized spacial score (nSPS) is 16.2. The number of rotatable bonds is 3. The van der Waals surface area contributed by atoms with Crippen molar-refractivity contribution in [2.75, 3.05) is 48.8 Å². The highest BCUT2D eigenvalue weighted by molar-refractivity contribution is 7.91. The fourth-order valence-corrected chi connectivity index (χ4v) is 2.79. The number of carbonyl (C=O) groups is 1. The van der Waals surface area contributed by atoms with Gasteiger partial charge in [0.25, 0.3) is 0 Å². The Kier molecular flexibility index (Phi) is 4.12. The minimum absolute atomic E-state index is 0.346. The van der Waals surface area contributed by atoms with Crippen molar-refractivity contribution in [2.45, 2.75) is 0 Å². The average molecular weight is 298 g/mol. The zero-order chi connectivity index (χ0) is 14.8. The van der Waals surface area contributed by atoms with Crippen LogP contribution in [0.4, 0.5) is 11.5 Å². The van der Waals surface area contributed by atoms with Crippen LogP contribution in [0.15, 0.2) is 18.3 Å². The van der Waals surface area contributed by atoms with E-state index in [0.717, 1.165) is 6.26 Å². The topological polar surface area (TPSA) is 96.6 Å². The summed E-state index contributed by atoms with van der Waals surface area (Å²) >= 11 is 0. The SMILES string of the molecule is CS(=O)(=O)CC(=O)N1CCN(c2ncccc2N)CC1. The Hall–Kier alpha value is -1.83. The largest absolute Gasteiger partial charge is 0.396 e. The molecule has 0 radical (unpaired) electrons. The minimum Gasteiger partial charge on any atom is -0.396 e. The maximum atomic E-state index is 11.8. The van der Waals surface area contributed by atoms with Crippen molar-refractivity contribution >= 4 is 27.2 Å². The van der Waals surface area contributed by atoms with Gasteiger partial charge in [-0.1, -0.05) is 0 Å². The van der Waals surface area contributed by atoms with Gasteiger partial charge < -0.3 is 15.5 Å². The Morgan fingerprint density at radius 2 is 2.00 bits per heavy atom. The number of nitrogens with zero attached hydrogens (tertiary/aromatic N) is 3. The third-order valence-corrected chi connectivity index (χ3v) is 3.91. The molecule has 1 aromatic heterocycles. The zero-order valence-corrected chi connectivity index (χ0v) is 12.1. The minimum atomic E-state index is -3.28. The molecule has 20 heavy (non-hydrogen) atoms. The number of nitrogen functional groups attached to an aromatic ring is 1. The summed E-state index contributed by atoms with van der Waals surface area (Å²) < 4.78 is 22.3. The highest BCUT2D eigenvalue weighted by Gasteiger charge is 2.24. The van der Waals surface area contributed by atoms with E-state index in [1.54, 1.807) is 23.2 Å². The highest BCUT2D eigenvalue weighted by Crippen LogP contribution is 2.20. The molecule has 1 aliphatic heterocycles. The van der Waals surface area contributed by atoms with E-state index in [-0.39, 0.29) is 5.91 Å². The van der Waals surface area contributed by atoms with Crippen LogP contribution in [0, 0.1) is 0 Å². The Morgan fingerprint density at radius 1 is 1.35 bits per heavy atom. The van der Waals surface area contributed by atoms with E-state index in [9.17, 15) is 13.2 Å². The molecule has 7 nitrogen and oxygen atoms in total. The lowest BCUT2D eigenvalue weighted by atomic mass is 10.3. The number of nitrogens with two attached hydrogens (primary N) is 1. The molecule has 0 bridgehead atoms. The van der Waals surface area contributed by atoms with Crippen LogP contribution in [0.3, 0.4) is 0 Å². The van der Waals surface area contributed by atoms with Crippen molar-refractivity contribution in [3.8, 4) is 0 Å². The molecule has 0 spiro atoms. The lowest BCUT2D eigenvalue weighted by molar-refractivity contribution is -0.128. The van der Waals surface area contributed by atoms with Gasteiger partial charge >= 0.3 is 0 Å². The second kappa shape index (κ2) is 5.66. The van der Waals surface area contributed by atoms with E-state index in [2.05, 4.69) is 4.98 Å². The van der Waals surface area contributed by atoms with Crippen molar-refractivity contribution in [1.82, 2.24) is 9.88 Å². The summed E-state index contributed by atoms with van der Waals surface area (Å²) in [6, 6.07) is 3.55. The zero-order valence-electron chi connectivity index (χ0n) is 11.3. The molecule has 1 aliphatic rings. The third-order valence-electron chi connectivity index (χ3n) is 3.13. The summed E-state index contributed by atoms with van der Waals surface area (Å²) in [6.45, 7) is 2.14. The number of anilines is 2. The molecule has 0 atom stereocenters. The number of hydrogen-bond donors (Lipinski definition) is 1. The smallest absolute Gasteiger partial charge is 0.237 e. The lowest BCUT2D eigenvalue weighted by Gasteiger charge is -2.35. The fourth-order valence-electron chi connectivity index (χ4n) is 2.16. The van der Waals surface area contributed by atoms with E-state index >= 15 is 0 Å². The molecule has 2 heterocycles. The number of pyridine rings is 1. The monoisotopic (exact) mass is 298 g/mol. The number of carbonyl (C=O) groups excluding carboxylic acids is 1. The highest BCUT2D eigenvalue weighted by atomic mass is 32.2. The van der Waals surface area contributed by atoms with Crippen LogP contribution in [0.5, 0.6) is 0 Å². The van der Waals surface area contributed by atoms with Gasteiger partial charge in [0.15, 0.2) is 15.7 Å². The Bertz CT molecular complexity index is 594. The van der Waals surface area contributed by atoms with Crippen LogP contribution >= 0.6 is 0 Å². The summed E-state index contributed by atoms with van der Waals surface area (Å²) in [6.07, 6.45) is 2.74. The first-order chi connectivity index (χ1) is 9.37. The van der Waals surface area contributed by atoms with E-state index < -0.39 is 15.6 Å². The van der Waals surface area contributed by atoms with Gasteiger partial charge in [-0.2, -0.15) is 0 Å². The van der Waals surface area contributed by atoms with Crippen molar-refractivity contribution in [3.05, 3.63) is 18.3 Å². The average Bonchev–Trinajstić information content (AvgIpc) is 2.37. The number of amides is 1. The van der Waals surface area contributed by atoms with Crippen LogP contribution in [-0.2, 0) is 14.6 Å². The molecule has 1 saturated heterocycles. The van der Waals surface area contributed by atoms with Gasteiger partial charge in [-0.05, 0) is 12.1 Å². The van der Waals surface area contributed by atoms with Gasteiger partial charge in [-0.3, -0.25) is 4.79 Å².